The third kappa shape index (κ3) is 1.46. The number of hydrogen-bond acceptors (Lipinski definition) is 5. The fourth-order valence-electron chi connectivity index (χ4n) is 1.91. The quantitative estimate of drug-likeness (QED) is 0.674. The number of nitrogens with zero attached hydrogens (tertiary/aromatic N) is 2. The molecule has 0 saturated heterocycles. The Morgan fingerprint density at radius 2 is 2.06 bits per heavy atom. The molecule has 1 aromatic heterocycles. The monoisotopic (exact) mass is 246 g/mol. The van der Waals surface area contributed by atoms with Crippen LogP contribution in [0.1, 0.15) is 0 Å². The SMILES string of the molecule is C=c1ccc2c(O)c3c(c(O)c2n1)SCCN=3. The summed E-state index contributed by atoms with van der Waals surface area (Å²) in [4.78, 5) is 9.03. The highest BCUT2D eigenvalue weighted by Crippen LogP contribution is 2.35. The average molecular weight is 246 g/mol. The number of fused-ring (bicyclic) bond motifs is 2. The highest BCUT2D eigenvalue weighted by atomic mass is 32.2. The summed E-state index contributed by atoms with van der Waals surface area (Å²) in [7, 11) is 0. The molecular formula is C12H10N2O2S. The molecule has 0 unspecified atom stereocenters. The van der Waals surface area contributed by atoms with Gasteiger partial charge in [0.05, 0.1) is 10.2 Å². The van der Waals surface area contributed by atoms with Crippen LogP contribution in [0.5, 0.6) is 11.5 Å². The summed E-state index contributed by atoms with van der Waals surface area (Å²) < 4.78 is 0. The van der Waals surface area contributed by atoms with Crippen LogP contribution in [0.25, 0.3) is 17.5 Å². The molecule has 0 radical (unpaired) electrons. The van der Waals surface area contributed by atoms with Gasteiger partial charge in [-0.05, 0) is 12.1 Å². The number of phenolic OH excluding ortho intramolecular Hbond substituents is 2. The van der Waals surface area contributed by atoms with Crippen LogP contribution >= 0.6 is 11.8 Å². The molecule has 0 bridgehead atoms. The first kappa shape index (κ1) is 10.4. The first-order valence-corrected chi connectivity index (χ1v) is 6.18. The summed E-state index contributed by atoms with van der Waals surface area (Å²) in [6.07, 6.45) is 0. The van der Waals surface area contributed by atoms with Crippen LogP contribution < -0.4 is 10.7 Å². The summed E-state index contributed by atoms with van der Waals surface area (Å²) in [5.74, 6) is 0.981. The van der Waals surface area contributed by atoms with Gasteiger partial charge in [-0.2, -0.15) is 0 Å². The van der Waals surface area contributed by atoms with Gasteiger partial charge >= 0.3 is 0 Å². The van der Waals surface area contributed by atoms with E-state index in [1.165, 1.54) is 11.8 Å². The third-order valence-corrected chi connectivity index (χ3v) is 3.76. The Morgan fingerprint density at radius 1 is 1.24 bits per heavy atom. The van der Waals surface area contributed by atoms with Crippen LogP contribution in [0.3, 0.4) is 0 Å². The topological polar surface area (TPSA) is 65.7 Å². The van der Waals surface area contributed by atoms with Crippen molar-refractivity contribution in [3.05, 3.63) is 22.8 Å². The first-order chi connectivity index (χ1) is 8.18. The van der Waals surface area contributed by atoms with Gasteiger partial charge < -0.3 is 10.2 Å². The van der Waals surface area contributed by atoms with E-state index in [0.29, 0.717) is 33.0 Å². The maximum absolute atomic E-state index is 10.2. The molecule has 1 aromatic carbocycles. The number of rotatable bonds is 0. The average Bonchev–Trinajstić information content (AvgIpc) is 2.36. The van der Waals surface area contributed by atoms with Gasteiger partial charge in [0, 0.05) is 17.7 Å². The summed E-state index contributed by atoms with van der Waals surface area (Å²) in [5.41, 5.74) is 0.387. The van der Waals surface area contributed by atoms with Crippen LogP contribution in [0, 0.1) is 0 Å². The number of aromatic hydroxyl groups is 2. The summed E-state index contributed by atoms with van der Waals surface area (Å²) >= 11 is 1.49. The van der Waals surface area contributed by atoms with E-state index in [1.807, 2.05) is 0 Å². The summed E-state index contributed by atoms with van der Waals surface area (Å²) in [6.45, 7) is 4.37. The second kappa shape index (κ2) is 3.63. The van der Waals surface area contributed by atoms with Crippen molar-refractivity contribution in [3.63, 3.8) is 0 Å². The molecule has 2 N–H and O–H groups in total. The van der Waals surface area contributed by atoms with Crippen molar-refractivity contribution in [1.29, 1.82) is 0 Å². The fraction of sp³-hybridized carbons (Fsp3) is 0.167. The third-order valence-electron chi connectivity index (χ3n) is 2.69. The van der Waals surface area contributed by atoms with E-state index in [-0.39, 0.29) is 11.5 Å². The van der Waals surface area contributed by atoms with Gasteiger partial charge in [-0.1, -0.05) is 6.58 Å². The van der Waals surface area contributed by atoms with Crippen LogP contribution in [0.2, 0.25) is 0 Å². The number of benzene rings is 1. The van der Waals surface area contributed by atoms with Gasteiger partial charge in [0.1, 0.15) is 10.9 Å². The maximum Gasteiger partial charge on any atom is 0.157 e. The Hall–Kier alpha value is -1.75. The molecule has 17 heavy (non-hydrogen) atoms. The predicted molar refractivity (Wildman–Crippen MR) is 67.0 cm³/mol. The lowest BCUT2D eigenvalue weighted by atomic mass is 10.1. The lowest BCUT2D eigenvalue weighted by Crippen LogP contribution is -2.15. The minimum Gasteiger partial charge on any atom is -0.505 e. The minimum absolute atomic E-state index is 0.0896. The van der Waals surface area contributed by atoms with E-state index in [0.717, 1.165) is 5.75 Å². The maximum atomic E-state index is 10.2. The predicted octanol–water partition coefficient (Wildman–Crippen LogP) is 0.782. The van der Waals surface area contributed by atoms with Crippen molar-refractivity contribution >= 4 is 29.2 Å². The van der Waals surface area contributed by atoms with Crippen molar-refractivity contribution in [3.8, 4) is 11.5 Å². The highest BCUT2D eigenvalue weighted by molar-refractivity contribution is 7.99. The number of thioether (sulfide) groups is 1. The van der Waals surface area contributed by atoms with Crippen molar-refractivity contribution in [2.45, 2.75) is 4.90 Å². The molecule has 4 nitrogen and oxygen atoms in total. The van der Waals surface area contributed by atoms with E-state index in [9.17, 15) is 10.2 Å². The molecule has 0 amide bonds. The van der Waals surface area contributed by atoms with Crippen molar-refractivity contribution < 1.29 is 10.2 Å². The lowest BCUT2D eigenvalue weighted by Gasteiger charge is -2.13. The molecule has 0 fully saturated rings. The Kier molecular flexibility index (Phi) is 2.22. The van der Waals surface area contributed by atoms with E-state index in [4.69, 9.17) is 0 Å². The van der Waals surface area contributed by atoms with Crippen LogP contribution in [-0.2, 0) is 0 Å². The Balaban J connectivity index is 2.57. The first-order valence-electron chi connectivity index (χ1n) is 5.19. The molecule has 0 aliphatic carbocycles. The number of hydrogen-bond donors (Lipinski definition) is 2. The van der Waals surface area contributed by atoms with Crippen molar-refractivity contribution in [1.82, 2.24) is 4.98 Å². The van der Waals surface area contributed by atoms with Crippen LogP contribution in [0.4, 0.5) is 0 Å². The second-order valence-electron chi connectivity index (χ2n) is 3.80. The molecule has 1 aliphatic rings. The Bertz CT molecular complexity index is 728. The normalized spacial score (nSPS) is 14.4. The van der Waals surface area contributed by atoms with E-state index < -0.39 is 0 Å². The zero-order valence-electron chi connectivity index (χ0n) is 8.97. The summed E-state index contributed by atoms with van der Waals surface area (Å²) in [5, 5.41) is 21.8. The smallest absolute Gasteiger partial charge is 0.157 e. The molecule has 0 saturated carbocycles. The standard InChI is InChI=1S/C12H10N2O2S/c1-6-2-3-7-8(14-6)11(16)12-9(10(7)15)13-4-5-17-12/h2-3,15-16H,1,4-5H2. The molecule has 0 atom stereocenters. The van der Waals surface area contributed by atoms with Gasteiger partial charge in [0.15, 0.2) is 11.5 Å². The van der Waals surface area contributed by atoms with Gasteiger partial charge in [-0.3, -0.25) is 4.99 Å². The number of phenols is 2. The van der Waals surface area contributed by atoms with Crippen LogP contribution in [0.15, 0.2) is 22.0 Å². The number of pyridine rings is 1. The zero-order chi connectivity index (χ0) is 12.0. The molecule has 2 heterocycles. The largest absolute Gasteiger partial charge is 0.505 e. The molecule has 1 aliphatic heterocycles. The second-order valence-corrected chi connectivity index (χ2v) is 4.91. The summed E-state index contributed by atoms with van der Waals surface area (Å²) in [6, 6.07) is 3.40. The zero-order valence-corrected chi connectivity index (χ0v) is 9.79. The van der Waals surface area contributed by atoms with Crippen molar-refractivity contribution in [2.75, 3.05) is 12.3 Å². The molecular weight excluding hydrogens is 236 g/mol. The molecule has 86 valence electrons. The minimum atomic E-state index is 0.0896. The van der Waals surface area contributed by atoms with E-state index in [2.05, 4.69) is 16.6 Å². The van der Waals surface area contributed by atoms with Gasteiger partial charge in [-0.25, -0.2) is 4.98 Å². The molecule has 2 aromatic rings. The molecule has 5 heteroatoms. The molecule has 3 rings (SSSR count). The van der Waals surface area contributed by atoms with Gasteiger partial charge in [-0.15, -0.1) is 11.8 Å². The van der Waals surface area contributed by atoms with Gasteiger partial charge in [0.25, 0.3) is 0 Å². The lowest BCUT2D eigenvalue weighted by molar-refractivity contribution is 0.449. The molecule has 0 spiro atoms. The van der Waals surface area contributed by atoms with Crippen LogP contribution in [-0.4, -0.2) is 27.5 Å². The van der Waals surface area contributed by atoms with E-state index in [1.54, 1.807) is 12.1 Å². The Morgan fingerprint density at radius 3 is 2.88 bits per heavy atom. The van der Waals surface area contributed by atoms with E-state index >= 15 is 0 Å². The highest BCUT2D eigenvalue weighted by Gasteiger charge is 2.18. The fourth-order valence-corrected chi connectivity index (χ4v) is 2.83. The van der Waals surface area contributed by atoms with Crippen molar-refractivity contribution in [2.24, 2.45) is 4.99 Å². The van der Waals surface area contributed by atoms with Gasteiger partial charge in [0.2, 0.25) is 0 Å². The Labute approximate surface area is 101 Å². The number of aromatic nitrogens is 1.